The molecule has 0 saturated carbocycles. The fourth-order valence-electron chi connectivity index (χ4n) is 1.09. The fraction of sp³-hybridized carbons (Fsp3) is 0.273. The van der Waals surface area contributed by atoms with E-state index < -0.39 is 0 Å². The first kappa shape index (κ1) is 8.85. The van der Waals surface area contributed by atoms with Crippen LogP contribution < -0.4 is 5.73 Å². The highest BCUT2D eigenvalue weighted by Gasteiger charge is 1.98. The summed E-state index contributed by atoms with van der Waals surface area (Å²) in [6.07, 6.45) is 1.93. The molecule has 0 saturated heterocycles. The maximum Gasteiger partial charge on any atom is 0.0349 e. The summed E-state index contributed by atoms with van der Waals surface area (Å²) >= 11 is 0. The Kier molecular flexibility index (Phi) is 2.92. The Morgan fingerprint density at radius 2 is 2.08 bits per heavy atom. The highest BCUT2D eigenvalue weighted by atomic mass is 14.6. The molecule has 0 spiro atoms. The second kappa shape index (κ2) is 3.96. The first-order valence-electron chi connectivity index (χ1n) is 4.24. The molecule has 0 aliphatic heterocycles. The molecule has 1 rings (SSSR count). The number of benzene rings is 1. The zero-order valence-corrected chi connectivity index (χ0v) is 7.51. The third-order valence-electron chi connectivity index (χ3n) is 2.00. The predicted octanol–water partition coefficient (Wildman–Crippen LogP) is 2.78. The molecule has 0 atom stereocenters. The zero-order valence-electron chi connectivity index (χ0n) is 7.51. The van der Waals surface area contributed by atoms with Crippen LogP contribution in [0.3, 0.4) is 0 Å². The summed E-state index contributed by atoms with van der Waals surface area (Å²) in [6, 6.07) is 7.94. The molecule has 0 fully saturated rings. The topological polar surface area (TPSA) is 26.0 Å². The van der Waals surface area contributed by atoms with Crippen molar-refractivity contribution in [1.29, 1.82) is 0 Å². The van der Waals surface area contributed by atoms with Crippen LogP contribution in [0.1, 0.15) is 18.9 Å². The Morgan fingerprint density at radius 1 is 1.42 bits per heavy atom. The molecular weight excluding hydrogens is 146 g/mol. The van der Waals surface area contributed by atoms with Gasteiger partial charge in [0.25, 0.3) is 0 Å². The third kappa shape index (κ3) is 2.12. The second-order valence-electron chi connectivity index (χ2n) is 2.98. The monoisotopic (exact) mass is 161 g/mol. The Morgan fingerprint density at radius 3 is 2.67 bits per heavy atom. The average Bonchev–Trinajstić information content (AvgIpc) is 2.09. The maximum absolute atomic E-state index is 5.78. The molecule has 1 heteroatoms. The van der Waals surface area contributed by atoms with Gasteiger partial charge >= 0.3 is 0 Å². The number of hydrogen-bond donors (Lipinski definition) is 1. The molecule has 64 valence electrons. The van der Waals surface area contributed by atoms with Gasteiger partial charge in [0.2, 0.25) is 0 Å². The minimum absolute atomic E-state index is 0.868. The van der Waals surface area contributed by atoms with Gasteiger partial charge in [-0.3, -0.25) is 0 Å². The molecule has 2 N–H and O–H groups in total. The third-order valence-corrected chi connectivity index (χ3v) is 2.00. The SMILES string of the molecule is C=C(CC)Cc1ccccc1N. The van der Waals surface area contributed by atoms with Crippen molar-refractivity contribution in [3.63, 3.8) is 0 Å². The molecular formula is C11H15N. The van der Waals surface area contributed by atoms with E-state index in [-0.39, 0.29) is 0 Å². The van der Waals surface area contributed by atoms with Crippen LogP contribution in [0.2, 0.25) is 0 Å². The summed E-state index contributed by atoms with van der Waals surface area (Å²) in [6.45, 7) is 6.07. The van der Waals surface area contributed by atoms with Crippen molar-refractivity contribution in [2.24, 2.45) is 0 Å². The van der Waals surface area contributed by atoms with E-state index in [0.717, 1.165) is 18.5 Å². The standard InChI is InChI=1S/C11H15N/c1-3-9(2)8-10-6-4-5-7-11(10)12/h4-7H,2-3,8,12H2,1H3. The van der Waals surface area contributed by atoms with Crippen LogP contribution in [-0.4, -0.2) is 0 Å². The van der Waals surface area contributed by atoms with Gasteiger partial charge in [0.05, 0.1) is 0 Å². The van der Waals surface area contributed by atoms with Crippen LogP contribution in [-0.2, 0) is 6.42 Å². The van der Waals surface area contributed by atoms with Gasteiger partial charge < -0.3 is 5.73 Å². The Balaban J connectivity index is 2.75. The number of nitrogens with two attached hydrogens (primary N) is 1. The molecule has 0 heterocycles. The van der Waals surface area contributed by atoms with E-state index in [9.17, 15) is 0 Å². The van der Waals surface area contributed by atoms with Crippen molar-refractivity contribution in [2.75, 3.05) is 5.73 Å². The molecule has 1 aromatic rings. The van der Waals surface area contributed by atoms with E-state index in [0.29, 0.717) is 0 Å². The van der Waals surface area contributed by atoms with E-state index >= 15 is 0 Å². The molecule has 0 aliphatic carbocycles. The van der Waals surface area contributed by atoms with Gasteiger partial charge in [-0.15, -0.1) is 0 Å². The van der Waals surface area contributed by atoms with Crippen LogP contribution in [0.5, 0.6) is 0 Å². The lowest BCUT2D eigenvalue weighted by Crippen LogP contribution is -1.94. The lowest BCUT2D eigenvalue weighted by Gasteiger charge is -2.05. The minimum Gasteiger partial charge on any atom is -0.398 e. The van der Waals surface area contributed by atoms with Gasteiger partial charge in [0.15, 0.2) is 0 Å². The van der Waals surface area contributed by atoms with E-state index in [1.54, 1.807) is 0 Å². The second-order valence-corrected chi connectivity index (χ2v) is 2.98. The van der Waals surface area contributed by atoms with Crippen LogP contribution >= 0.6 is 0 Å². The van der Waals surface area contributed by atoms with Crippen LogP contribution in [0.15, 0.2) is 36.4 Å². The van der Waals surface area contributed by atoms with Crippen molar-refractivity contribution < 1.29 is 0 Å². The van der Waals surface area contributed by atoms with Gasteiger partial charge in [0, 0.05) is 5.69 Å². The molecule has 0 aliphatic rings. The van der Waals surface area contributed by atoms with Gasteiger partial charge in [-0.1, -0.05) is 37.3 Å². The number of rotatable bonds is 3. The number of anilines is 1. The molecule has 1 nitrogen and oxygen atoms in total. The number of para-hydroxylation sites is 1. The molecule has 0 unspecified atom stereocenters. The van der Waals surface area contributed by atoms with E-state index in [1.165, 1.54) is 11.1 Å². The lowest BCUT2D eigenvalue weighted by molar-refractivity contribution is 1.02. The quantitative estimate of drug-likeness (QED) is 0.535. The summed E-state index contributed by atoms with van der Waals surface area (Å²) in [4.78, 5) is 0. The molecule has 0 amide bonds. The molecule has 12 heavy (non-hydrogen) atoms. The smallest absolute Gasteiger partial charge is 0.0349 e. The molecule has 0 radical (unpaired) electrons. The average molecular weight is 161 g/mol. The van der Waals surface area contributed by atoms with Crippen LogP contribution in [0.25, 0.3) is 0 Å². The van der Waals surface area contributed by atoms with Crippen molar-refractivity contribution in [1.82, 2.24) is 0 Å². The summed E-state index contributed by atoms with van der Waals surface area (Å²) < 4.78 is 0. The first-order chi connectivity index (χ1) is 5.74. The highest BCUT2D eigenvalue weighted by molar-refractivity contribution is 5.47. The minimum atomic E-state index is 0.868. The number of allylic oxidation sites excluding steroid dienone is 1. The summed E-state index contributed by atoms with van der Waals surface area (Å²) in [7, 11) is 0. The Hall–Kier alpha value is -1.24. The predicted molar refractivity (Wildman–Crippen MR) is 54.0 cm³/mol. The summed E-state index contributed by atoms with van der Waals surface area (Å²) in [5, 5.41) is 0. The highest BCUT2D eigenvalue weighted by Crippen LogP contribution is 2.15. The number of hydrogen-bond acceptors (Lipinski definition) is 1. The van der Waals surface area contributed by atoms with Gasteiger partial charge in [-0.25, -0.2) is 0 Å². The van der Waals surface area contributed by atoms with E-state index in [4.69, 9.17) is 5.73 Å². The van der Waals surface area contributed by atoms with Crippen molar-refractivity contribution in [3.05, 3.63) is 42.0 Å². The molecule has 0 aromatic heterocycles. The molecule has 0 bridgehead atoms. The van der Waals surface area contributed by atoms with E-state index in [1.807, 2.05) is 18.2 Å². The van der Waals surface area contributed by atoms with Crippen molar-refractivity contribution in [3.8, 4) is 0 Å². The summed E-state index contributed by atoms with van der Waals surface area (Å²) in [5.74, 6) is 0. The van der Waals surface area contributed by atoms with Crippen LogP contribution in [0.4, 0.5) is 5.69 Å². The van der Waals surface area contributed by atoms with Gasteiger partial charge in [0.1, 0.15) is 0 Å². The Bertz CT molecular complexity index is 276. The van der Waals surface area contributed by atoms with Crippen molar-refractivity contribution in [2.45, 2.75) is 19.8 Å². The van der Waals surface area contributed by atoms with Crippen LogP contribution in [0, 0.1) is 0 Å². The summed E-state index contributed by atoms with van der Waals surface area (Å²) in [5.41, 5.74) is 9.06. The van der Waals surface area contributed by atoms with Gasteiger partial charge in [-0.05, 0) is 24.5 Å². The van der Waals surface area contributed by atoms with Gasteiger partial charge in [-0.2, -0.15) is 0 Å². The molecule has 1 aromatic carbocycles. The van der Waals surface area contributed by atoms with E-state index in [2.05, 4.69) is 19.6 Å². The fourth-order valence-corrected chi connectivity index (χ4v) is 1.09. The van der Waals surface area contributed by atoms with Crippen molar-refractivity contribution >= 4 is 5.69 Å². The lowest BCUT2D eigenvalue weighted by atomic mass is 10.0. The maximum atomic E-state index is 5.78. The number of nitrogen functional groups attached to an aromatic ring is 1. The zero-order chi connectivity index (χ0) is 8.97. The Labute approximate surface area is 73.9 Å². The first-order valence-corrected chi connectivity index (χ1v) is 4.24. The largest absolute Gasteiger partial charge is 0.398 e. The normalized spacial score (nSPS) is 9.75.